The van der Waals surface area contributed by atoms with Crippen molar-refractivity contribution in [2.24, 2.45) is 0 Å². The molecule has 2 heterocycles. The summed E-state index contributed by atoms with van der Waals surface area (Å²) in [5.74, 6) is 2.23. The van der Waals surface area contributed by atoms with E-state index in [0.717, 1.165) is 33.3 Å². The maximum atomic E-state index is 13.5. The van der Waals surface area contributed by atoms with Crippen molar-refractivity contribution < 1.29 is 14.1 Å². The number of aromatic nitrogens is 4. The van der Waals surface area contributed by atoms with Crippen molar-refractivity contribution in [3.8, 4) is 17.3 Å². The molecule has 0 fully saturated rings. The number of carbonyl (C=O) groups is 1. The molecule has 0 bridgehead atoms. The summed E-state index contributed by atoms with van der Waals surface area (Å²) in [5, 5.41) is 12.5. The van der Waals surface area contributed by atoms with E-state index in [2.05, 4.69) is 41.4 Å². The third-order valence-electron chi connectivity index (χ3n) is 7.67. The number of fused-ring (bicyclic) bond motifs is 1. The van der Waals surface area contributed by atoms with Gasteiger partial charge in [-0.3, -0.25) is 5.32 Å². The first-order valence-electron chi connectivity index (χ1n) is 15.8. The van der Waals surface area contributed by atoms with Crippen LogP contribution in [0.5, 0.6) is 11.6 Å². The molecule has 244 valence electrons. The van der Waals surface area contributed by atoms with E-state index in [1.165, 1.54) is 0 Å². The Morgan fingerprint density at radius 1 is 0.833 bits per heavy atom. The Hall–Kier alpha value is -5.27. The second-order valence-electron chi connectivity index (χ2n) is 13.3. The van der Waals surface area contributed by atoms with Crippen LogP contribution in [-0.2, 0) is 22.6 Å². The highest BCUT2D eigenvalue weighted by Crippen LogP contribution is 2.41. The van der Waals surface area contributed by atoms with Crippen LogP contribution in [0.1, 0.15) is 43.4 Å². The van der Waals surface area contributed by atoms with Gasteiger partial charge in [0.15, 0.2) is 0 Å². The lowest BCUT2D eigenvalue weighted by Crippen LogP contribution is -2.21. The van der Waals surface area contributed by atoms with E-state index >= 15 is 0 Å². The third kappa shape index (κ3) is 7.99. The summed E-state index contributed by atoms with van der Waals surface area (Å²) < 4.78 is 20.5. The molecule has 6 rings (SSSR count). The molecule has 0 saturated carbocycles. The molecule has 2 amide bonds. The minimum atomic E-state index is -2.28. The molecule has 9 nitrogen and oxygen atoms in total. The number of ether oxygens (including phenoxy) is 1. The van der Waals surface area contributed by atoms with E-state index in [-0.39, 0.29) is 5.41 Å². The lowest BCUT2D eigenvalue weighted by molar-refractivity contribution is 0.262. The first kappa shape index (κ1) is 32.7. The zero-order valence-corrected chi connectivity index (χ0v) is 28.7. The zero-order valence-electron chi connectivity index (χ0n) is 27.8. The van der Waals surface area contributed by atoms with Gasteiger partial charge in [0.05, 0.1) is 24.2 Å². The standard InChI is InChI=1S/C38H39N6O3P/c1-38(2,3)33-24-35(44(43-33)28-15-11-14-27(22-28)25-48(4,5)46)42-37(45)40-31-18-19-32(30-17-10-9-16-29(30)31)47-36-20-21-39-34(41-36)23-26-12-7-6-8-13-26/h6-22,24H,23,25H2,1-5H3,(H2,40,42,45). The summed E-state index contributed by atoms with van der Waals surface area (Å²) in [5.41, 5.74) is 4.03. The van der Waals surface area contributed by atoms with Crippen LogP contribution in [0, 0.1) is 0 Å². The van der Waals surface area contributed by atoms with Gasteiger partial charge >= 0.3 is 6.03 Å². The SMILES string of the molecule is CC(C)(C)c1cc(NC(=O)Nc2ccc(Oc3ccnc(Cc4ccccc4)n3)c3ccccc23)n(-c2cccc(CP(C)(C)=O)c2)n1. The molecular weight excluding hydrogens is 619 g/mol. The van der Waals surface area contributed by atoms with Crippen molar-refractivity contribution in [3.05, 3.63) is 132 Å². The molecule has 48 heavy (non-hydrogen) atoms. The van der Waals surface area contributed by atoms with E-state index in [0.29, 0.717) is 41.5 Å². The Bertz CT molecular complexity index is 2130. The van der Waals surface area contributed by atoms with Crippen molar-refractivity contribution in [3.63, 3.8) is 0 Å². The minimum absolute atomic E-state index is 0.254. The zero-order chi connectivity index (χ0) is 33.9. The average Bonchev–Trinajstić information content (AvgIpc) is 3.47. The topological polar surface area (TPSA) is 111 Å². The van der Waals surface area contributed by atoms with E-state index in [9.17, 15) is 9.36 Å². The Kier molecular flexibility index (Phi) is 9.16. The first-order valence-corrected chi connectivity index (χ1v) is 18.6. The molecule has 0 spiro atoms. The quantitative estimate of drug-likeness (QED) is 0.150. The number of nitrogens with zero attached hydrogens (tertiary/aromatic N) is 4. The number of hydrogen-bond acceptors (Lipinski definition) is 6. The lowest BCUT2D eigenvalue weighted by atomic mass is 9.92. The lowest BCUT2D eigenvalue weighted by Gasteiger charge is -2.15. The van der Waals surface area contributed by atoms with Crippen molar-refractivity contribution in [2.45, 2.75) is 38.8 Å². The number of carbonyl (C=O) groups excluding carboxylic acids is 1. The van der Waals surface area contributed by atoms with Crippen LogP contribution in [0.3, 0.4) is 0 Å². The number of urea groups is 1. The summed E-state index contributed by atoms with van der Waals surface area (Å²) >= 11 is 0. The maximum absolute atomic E-state index is 13.5. The van der Waals surface area contributed by atoms with Crippen LogP contribution < -0.4 is 15.4 Å². The van der Waals surface area contributed by atoms with Gasteiger partial charge in [-0.05, 0) is 48.7 Å². The summed E-state index contributed by atoms with van der Waals surface area (Å²) in [6.45, 7) is 9.79. The van der Waals surface area contributed by atoms with Gasteiger partial charge < -0.3 is 14.6 Å². The molecule has 0 saturated heterocycles. The summed E-state index contributed by atoms with van der Waals surface area (Å²) in [4.78, 5) is 22.6. The van der Waals surface area contributed by atoms with Crippen LogP contribution in [0.4, 0.5) is 16.3 Å². The van der Waals surface area contributed by atoms with Crippen molar-refractivity contribution in [1.82, 2.24) is 19.7 Å². The summed E-state index contributed by atoms with van der Waals surface area (Å²) in [7, 11) is -2.28. The number of nitrogens with one attached hydrogen (secondary N) is 2. The fourth-order valence-corrected chi connectivity index (χ4v) is 6.49. The van der Waals surface area contributed by atoms with Crippen LogP contribution in [0.2, 0.25) is 0 Å². The Morgan fingerprint density at radius 2 is 1.56 bits per heavy atom. The second kappa shape index (κ2) is 13.5. The predicted octanol–water partition coefficient (Wildman–Crippen LogP) is 9.26. The molecule has 0 unspecified atom stereocenters. The van der Waals surface area contributed by atoms with Crippen molar-refractivity contribution in [2.75, 3.05) is 24.0 Å². The summed E-state index contributed by atoms with van der Waals surface area (Å²) in [6, 6.07) is 32.4. The van der Waals surface area contributed by atoms with Gasteiger partial charge in [0.25, 0.3) is 0 Å². The van der Waals surface area contributed by atoms with E-state index in [1.807, 2.05) is 97.1 Å². The van der Waals surface area contributed by atoms with Gasteiger partial charge in [-0.1, -0.05) is 87.5 Å². The molecular formula is C38H39N6O3P. The largest absolute Gasteiger partial charge is 0.438 e. The minimum Gasteiger partial charge on any atom is -0.438 e. The molecule has 6 aromatic rings. The van der Waals surface area contributed by atoms with E-state index < -0.39 is 13.2 Å². The van der Waals surface area contributed by atoms with Gasteiger partial charge in [0.1, 0.15) is 17.4 Å². The Labute approximate surface area is 280 Å². The monoisotopic (exact) mass is 658 g/mol. The Balaban J connectivity index is 1.24. The molecule has 10 heteroatoms. The van der Waals surface area contributed by atoms with E-state index in [1.54, 1.807) is 30.3 Å². The first-order chi connectivity index (χ1) is 22.9. The highest BCUT2D eigenvalue weighted by Gasteiger charge is 2.22. The van der Waals surface area contributed by atoms with E-state index in [4.69, 9.17) is 9.84 Å². The van der Waals surface area contributed by atoms with Gasteiger partial charge in [-0.25, -0.2) is 14.5 Å². The molecule has 2 aromatic heterocycles. The van der Waals surface area contributed by atoms with Gasteiger partial charge in [-0.15, -0.1) is 0 Å². The molecule has 0 aliphatic rings. The second-order valence-corrected chi connectivity index (χ2v) is 16.8. The fourth-order valence-electron chi connectivity index (χ4n) is 5.41. The number of anilines is 2. The van der Waals surface area contributed by atoms with Crippen LogP contribution in [0.15, 0.2) is 109 Å². The molecule has 0 radical (unpaired) electrons. The van der Waals surface area contributed by atoms with Crippen LogP contribution in [-0.4, -0.2) is 39.1 Å². The third-order valence-corrected chi connectivity index (χ3v) is 8.80. The highest BCUT2D eigenvalue weighted by atomic mass is 31.2. The Morgan fingerprint density at radius 3 is 2.31 bits per heavy atom. The average molecular weight is 659 g/mol. The number of rotatable bonds is 9. The predicted molar refractivity (Wildman–Crippen MR) is 193 cm³/mol. The number of amides is 2. The molecule has 4 aromatic carbocycles. The smallest absolute Gasteiger partial charge is 0.324 e. The van der Waals surface area contributed by atoms with Crippen molar-refractivity contribution in [1.29, 1.82) is 0 Å². The number of hydrogen-bond donors (Lipinski definition) is 2. The highest BCUT2D eigenvalue weighted by molar-refractivity contribution is 7.61. The van der Waals surface area contributed by atoms with Crippen molar-refractivity contribution >= 4 is 35.5 Å². The molecule has 0 aliphatic heterocycles. The number of benzene rings is 4. The normalized spacial score (nSPS) is 11.8. The van der Waals surface area contributed by atoms with Gasteiger partial charge in [0.2, 0.25) is 5.88 Å². The van der Waals surface area contributed by atoms with Crippen LogP contribution >= 0.6 is 7.14 Å². The van der Waals surface area contributed by atoms with Crippen LogP contribution in [0.25, 0.3) is 16.5 Å². The molecule has 0 aliphatic carbocycles. The molecule has 2 N–H and O–H groups in total. The fraction of sp³-hybridized carbons (Fsp3) is 0.211. The van der Waals surface area contributed by atoms with Gasteiger partial charge in [0, 0.05) is 47.1 Å². The maximum Gasteiger partial charge on any atom is 0.324 e. The summed E-state index contributed by atoms with van der Waals surface area (Å²) in [6.07, 6.45) is 2.77. The van der Waals surface area contributed by atoms with Gasteiger partial charge in [-0.2, -0.15) is 10.1 Å². The molecule has 0 atom stereocenters.